The van der Waals surface area contributed by atoms with E-state index in [4.69, 9.17) is 4.74 Å². The monoisotopic (exact) mass is 347 g/mol. The lowest BCUT2D eigenvalue weighted by Crippen LogP contribution is -2.52. The number of fused-ring (bicyclic) bond motifs is 1. The van der Waals surface area contributed by atoms with Gasteiger partial charge in [-0.3, -0.25) is 4.79 Å². The van der Waals surface area contributed by atoms with E-state index in [0.717, 1.165) is 52.1 Å². The molecule has 6 heteroatoms. The molecule has 3 heterocycles. The minimum atomic E-state index is -0.256. The Morgan fingerprint density at radius 2 is 2.00 bits per heavy atom. The number of hydrogen-bond acceptors (Lipinski definition) is 4. The van der Waals surface area contributed by atoms with Crippen LogP contribution >= 0.6 is 0 Å². The number of likely N-dealkylation sites (tertiary alicyclic amines) is 2. The van der Waals surface area contributed by atoms with Gasteiger partial charge in [0.2, 0.25) is 5.91 Å². The third kappa shape index (κ3) is 3.13. The fourth-order valence-electron chi connectivity index (χ4n) is 4.67. The molecule has 0 spiro atoms. The lowest BCUT2D eigenvalue weighted by atomic mass is 9.79. The predicted molar refractivity (Wildman–Crippen MR) is 92.9 cm³/mol. The molecule has 0 aliphatic carbocycles. The Kier molecular flexibility index (Phi) is 4.41. The van der Waals surface area contributed by atoms with Crippen LogP contribution in [0.25, 0.3) is 0 Å². The van der Waals surface area contributed by atoms with E-state index in [1.54, 1.807) is 12.1 Å². The molecule has 1 N–H and O–H groups in total. The SMILES string of the molecule is CN1C[C@H]2CNC[C@@]2(C(=O)N2CCC(Oc3ccc(F)cc3)CC2)C1. The molecule has 25 heavy (non-hydrogen) atoms. The molecule has 0 bridgehead atoms. The predicted octanol–water partition coefficient (Wildman–Crippen LogP) is 1.35. The van der Waals surface area contributed by atoms with Crippen LogP contribution in [-0.2, 0) is 4.79 Å². The number of hydrogen-bond donors (Lipinski definition) is 1. The second kappa shape index (κ2) is 6.57. The molecule has 1 amide bonds. The number of nitrogens with one attached hydrogen (secondary N) is 1. The highest BCUT2D eigenvalue weighted by molar-refractivity contribution is 5.84. The summed E-state index contributed by atoms with van der Waals surface area (Å²) in [6.45, 7) is 5.08. The first kappa shape index (κ1) is 16.8. The van der Waals surface area contributed by atoms with Gasteiger partial charge in [0, 0.05) is 58.0 Å². The second-order valence-corrected chi connectivity index (χ2v) is 7.74. The molecular weight excluding hydrogens is 321 g/mol. The lowest BCUT2D eigenvalue weighted by molar-refractivity contribution is -0.143. The summed E-state index contributed by atoms with van der Waals surface area (Å²) in [7, 11) is 2.11. The van der Waals surface area contributed by atoms with Crippen LogP contribution in [0.1, 0.15) is 12.8 Å². The average Bonchev–Trinajstić information content (AvgIpc) is 3.14. The Morgan fingerprint density at radius 1 is 1.28 bits per heavy atom. The highest BCUT2D eigenvalue weighted by Gasteiger charge is 2.55. The van der Waals surface area contributed by atoms with Gasteiger partial charge in [-0.15, -0.1) is 0 Å². The van der Waals surface area contributed by atoms with Crippen LogP contribution in [0.15, 0.2) is 24.3 Å². The highest BCUT2D eigenvalue weighted by Crippen LogP contribution is 2.40. The molecule has 4 rings (SSSR count). The maximum Gasteiger partial charge on any atom is 0.231 e. The Bertz CT molecular complexity index is 630. The number of carbonyl (C=O) groups is 1. The van der Waals surface area contributed by atoms with Crippen LogP contribution in [0.2, 0.25) is 0 Å². The highest BCUT2D eigenvalue weighted by atomic mass is 19.1. The van der Waals surface area contributed by atoms with E-state index >= 15 is 0 Å². The van der Waals surface area contributed by atoms with Gasteiger partial charge in [-0.1, -0.05) is 0 Å². The molecule has 3 aliphatic rings. The molecule has 0 radical (unpaired) electrons. The van der Waals surface area contributed by atoms with Crippen molar-refractivity contribution < 1.29 is 13.9 Å². The number of rotatable bonds is 3. The summed E-state index contributed by atoms with van der Waals surface area (Å²) in [6.07, 6.45) is 1.75. The summed E-state index contributed by atoms with van der Waals surface area (Å²) in [5.41, 5.74) is -0.237. The minimum Gasteiger partial charge on any atom is -0.490 e. The smallest absolute Gasteiger partial charge is 0.231 e. The van der Waals surface area contributed by atoms with Gasteiger partial charge in [0.05, 0.1) is 5.41 Å². The first-order valence-electron chi connectivity index (χ1n) is 9.18. The number of ether oxygens (including phenoxy) is 1. The Morgan fingerprint density at radius 3 is 2.72 bits per heavy atom. The molecule has 5 nitrogen and oxygen atoms in total. The summed E-state index contributed by atoms with van der Waals surface area (Å²) in [4.78, 5) is 17.5. The van der Waals surface area contributed by atoms with E-state index in [2.05, 4.69) is 17.3 Å². The minimum absolute atomic E-state index is 0.0933. The van der Waals surface area contributed by atoms with E-state index in [9.17, 15) is 9.18 Å². The molecule has 1 aromatic rings. The quantitative estimate of drug-likeness (QED) is 0.896. The average molecular weight is 347 g/mol. The molecule has 0 unspecified atom stereocenters. The molecule has 0 aromatic heterocycles. The van der Waals surface area contributed by atoms with Gasteiger partial charge in [-0.25, -0.2) is 4.39 Å². The fourth-order valence-corrected chi connectivity index (χ4v) is 4.67. The van der Waals surface area contributed by atoms with E-state index < -0.39 is 0 Å². The van der Waals surface area contributed by atoms with Gasteiger partial charge in [-0.2, -0.15) is 0 Å². The van der Waals surface area contributed by atoms with Gasteiger partial charge in [-0.05, 0) is 31.3 Å². The van der Waals surface area contributed by atoms with Crippen molar-refractivity contribution in [2.75, 3.05) is 46.3 Å². The zero-order valence-corrected chi connectivity index (χ0v) is 14.7. The molecule has 0 saturated carbocycles. The Balaban J connectivity index is 1.35. The van der Waals surface area contributed by atoms with E-state index in [-0.39, 0.29) is 17.3 Å². The number of amides is 1. The Hall–Kier alpha value is -1.66. The standard InChI is InChI=1S/C19H26FN3O2/c1-22-11-14-10-21-12-19(14,13-22)18(24)23-8-6-17(7-9-23)25-16-4-2-15(20)3-5-16/h2-5,14,17,21H,6-13H2,1H3/t14-,19-/m1/s1. The maximum atomic E-state index is 13.2. The molecular formula is C19H26FN3O2. The number of piperidine rings is 1. The van der Waals surface area contributed by atoms with Crippen molar-refractivity contribution >= 4 is 5.91 Å². The maximum absolute atomic E-state index is 13.2. The third-order valence-corrected chi connectivity index (χ3v) is 5.97. The lowest BCUT2D eigenvalue weighted by Gasteiger charge is -2.38. The van der Waals surface area contributed by atoms with Gasteiger partial charge < -0.3 is 19.9 Å². The third-order valence-electron chi connectivity index (χ3n) is 5.97. The van der Waals surface area contributed by atoms with Crippen LogP contribution in [0.5, 0.6) is 5.75 Å². The largest absolute Gasteiger partial charge is 0.490 e. The zero-order chi connectivity index (χ0) is 17.4. The molecule has 1 aromatic carbocycles. The first-order valence-corrected chi connectivity index (χ1v) is 9.18. The summed E-state index contributed by atoms with van der Waals surface area (Å²) < 4.78 is 18.9. The Labute approximate surface area is 148 Å². The summed E-state index contributed by atoms with van der Waals surface area (Å²) in [5, 5.41) is 3.42. The van der Waals surface area contributed by atoms with Gasteiger partial charge in [0.1, 0.15) is 17.7 Å². The van der Waals surface area contributed by atoms with Gasteiger partial charge in [0.25, 0.3) is 0 Å². The van der Waals surface area contributed by atoms with E-state index in [0.29, 0.717) is 17.6 Å². The van der Waals surface area contributed by atoms with Crippen LogP contribution in [0, 0.1) is 17.2 Å². The second-order valence-electron chi connectivity index (χ2n) is 7.74. The van der Waals surface area contributed by atoms with Crippen LogP contribution in [0.3, 0.4) is 0 Å². The van der Waals surface area contributed by atoms with Crippen molar-refractivity contribution in [3.8, 4) is 5.75 Å². The number of halogens is 1. The molecule has 3 fully saturated rings. The van der Waals surface area contributed by atoms with Crippen molar-refractivity contribution in [3.63, 3.8) is 0 Å². The summed E-state index contributed by atoms with van der Waals surface area (Å²) in [6, 6.07) is 6.15. The van der Waals surface area contributed by atoms with Crippen molar-refractivity contribution in [1.29, 1.82) is 0 Å². The molecule has 3 aliphatic heterocycles. The van der Waals surface area contributed by atoms with Gasteiger partial charge >= 0.3 is 0 Å². The van der Waals surface area contributed by atoms with E-state index in [1.807, 2.05) is 4.90 Å². The zero-order valence-electron chi connectivity index (χ0n) is 14.7. The number of nitrogens with zero attached hydrogens (tertiary/aromatic N) is 2. The molecule has 136 valence electrons. The fraction of sp³-hybridized carbons (Fsp3) is 0.632. The van der Waals surface area contributed by atoms with Crippen LogP contribution in [0.4, 0.5) is 4.39 Å². The van der Waals surface area contributed by atoms with Crippen molar-refractivity contribution in [2.45, 2.75) is 18.9 Å². The van der Waals surface area contributed by atoms with Crippen molar-refractivity contribution in [1.82, 2.24) is 15.1 Å². The van der Waals surface area contributed by atoms with Crippen LogP contribution in [-0.4, -0.2) is 68.1 Å². The number of carbonyl (C=O) groups excluding carboxylic acids is 1. The number of benzene rings is 1. The molecule has 3 saturated heterocycles. The van der Waals surface area contributed by atoms with Crippen molar-refractivity contribution in [3.05, 3.63) is 30.1 Å². The summed E-state index contributed by atoms with van der Waals surface area (Å²) in [5.74, 6) is 1.18. The normalized spacial score (nSPS) is 30.5. The van der Waals surface area contributed by atoms with Crippen molar-refractivity contribution in [2.24, 2.45) is 11.3 Å². The summed E-state index contributed by atoms with van der Waals surface area (Å²) >= 11 is 0. The molecule has 2 atom stereocenters. The van der Waals surface area contributed by atoms with Gasteiger partial charge in [0.15, 0.2) is 0 Å². The topological polar surface area (TPSA) is 44.8 Å². The van der Waals surface area contributed by atoms with E-state index in [1.165, 1.54) is 12.1 Å². The van der Waals surface area contributed by atoms with Crippen LogP contribution < -0.4 is 10.1 Å². The first-order chi connectivity index (χ1) is 12.1.